The van der Waals surface area contributed by atoms with Gasteiger partial charge in [-0.05, 0) is 37.1 Å². The summed E-state index contributed by atoms with van der Waals surface area (Å²) < 4.78 is 0. The second-order valence-corrected chi connectivity index (χ2v) is 6.31. The number of aliphatic hydroxyl groups is 1. The Hall–Kier alpha value is -1.55. The summed E-state index contributed by atoms with van der Waals surface area (Å²) in [5.74, 6) is 0.449. The molecule has 4 nitrogen and oxygen atoms in total. The first-order valence-electron chi connectivity index (χ1n) is 8.03. The lowest BCUT2D eigenvalue weighted by molar-refractivity contribution is 0.0927. The normalized spacial score (nSPS) is 20.1. The van der Waals surface area contributed by atoms with Crippen LogP contribution in [0.4, 0.5) is 5.69 Å². The summed E-state index contributed by atoms with van der Waals surface area (Å²) in [6.45, 7) is 2.08. The van der Waals surface area contributed by atoms with Crippen molar-refractivity contribution in [2.24, 2.45) is 5.92 Å². The highest BCUT2D eigenvalue weighted by Crippen LogP contribution is 2.24. The highest BCUT2D eigenvalue weighted by molar-refractivity contribution is 5.94. The number of hydrogen-bond acceptors (Lipinski definition) is 3. The van der Waals surface area contributed by atoms with Gasteiger partial charge in [0.25, 0.3) is 5.91 Å². The molecule has 1 aliphatic carbocycles. The molecule has 1 aromatic carbocycles. The molecule has 1 aromatic rings. The Balaban J connectivity index is 1.55. The molecule has 1 amide bonds. The first-order valence-corrected chi connectivity index (χ1v) is 8.03. The summed E-state index contributed by atoms with van der Waals surface area (Å²) >= 11 is 0. The predicted molar refractivity (Wildman–Crippen MR) is 83.6 cm³/mol. The average molecular weight is 288 g/mol. The van der Waals surface area contributed by atoms with Gasteiger partial charge in [-0.15, -0.1) is 0 Å². The third-order valence-electron chi connectivity index (χ3n) is 4.65. The topological polar surface area (TPSA) is 52.6 Å². The van der Waals surface area contributed by atoms with Crippen molar-refractivity contribution < 1.29 is 9.90 Å². The van der Waals surface area contributed by atoms with E-state index in [1.165, 1.54) is 19.3 Å². The first kappa shape index (κ1) is 14.4. The SMILES string of the molecule is O=C(NC1CCCCC1)c1ccc(N2CC(CO)C2)cc1. The fraction of sp³-hybridized carbons (Fsp3) is 0.588. The molecule has 0 spiro atoms. The molecule has 2 aliphatic rings. The van der Waals surface area contributed by atoms with E-state index in [-0.39, 0.29) is 12.5 Å². The number of anilines is 1. The van der Waals surface area contributed by atoms with Gasteiger partial charge in [-0.1, -0.05) is 19.3 Å². The molecule has 1 saturated heterocycles. The van der Waals surface area contributed by atoms with Gasteiger partial charge in [0.2, 0.25) is 0 Å². The summed E-state index contributed by atoms with van der Waals surface area (Å²) in [5, 5.41) is 12.2. The van der Waals surface area contributed by atoms with Gasteiger partial charge >= 0.3 is 0 Å². The smallest absolute Gasteiger partial charge is 0.251 e. The van der Waals surface area contributed by atoms with Gasteiger partial charge in [-0.25, -0.2) is 0 Å². The molecule has 0 unspecified atom stereocenters. The van der Waals surface area contributed by atoms with Crippen molar-refractivity contribution in [3.8, 4) is 0 Å². The van der Waals surface area contributed by atoms with Crippen LogP contribution in [0.1, 0.15) is 42.5 Å². The van der Waals surface area contributed by atoms with E-state index in [4.69, 9.17) is 5.11 Å². The highest BCUT2D eigenvalue weighted by Gasteiger charge is 2.26. The van der Waals surface area contributed by atoms with E-state index in [0.717, 1.165) is 37.2 Å². The number of aliphatic hydroxyl groups excluding tert-OH is 1. The first-order chi connectivity index (χ1) is 10.3. The largest absolute Gasteiger partial charge is 0.396 e. The zero-order valence-electron chi connectivity index (χ0n) is 12.4. The van der Waals surface area contributed by atoms with Crippen LogP contribution < -0.4 is 10.2 Å². The van der Waals surface area contributed by atoms with Crippen LogP contribution in [0.3, 0.4) is 0 Å². The molecule has 1 saturated carbocycles. The number of carbonyl (C=O) groups is 1. The van der Waals surface area contributed by atoms with Crippen molar-refractivity contribution >= 4 is 11.6 Å². The Kier molecular flexibility index (Phi) is 4.44. The minimum Gasteiger partial charge on any atom is -0.396 e. The maximum absolute atomic E-state index is 12.2. The van der Waals surface area contributed by atoms with Crippen LogP contribution in [-0.4, -0.2) is 36.8 Å². The second-order valence-electron chi connectivity index (χ2n) is 6.31. The van der Waals surface area contributed by atoms with E-state index >= 15 is 0 Å². The molecule has 0 bridgehead atoms. The number of hydrogen-bond donors (Lipinski definition) is 2. The minimum absolute atomic E-state index is 0.0466. The van der Waals surface area contributed by atoms with Gasteiger partial charge in [0.1, 0.15) is 0 Å². The molecule has 4 heteroatoms. The Morgan fingerprint density at radius 2 is 1.81 bits per heavy atom. The third kappa shape index (κ3) is 3.38. The van der Waals surface area contributed by atoms with E-state index in [0.29, 0.717) is 12.0 Å². The number of nitrogens with zero attached hydrogens (tertiary/aromatic N) is 1. The van der Waals surface area contributed by atoms with E-state index < -0.39 is 0 Å². The van der Waals surface area contributed by atoms with Gasteiger partial charge < -0.3 is 15.3 Å². The van der Waals surface area contributed by atoms with Gasteiger partial charge in [-0.3, -0.25) is 4.79 Å². The molecule has 1 aliphatic heterocycles. The van der Waals surface area contributed by atoms with Crippen LogP contribution in [0.15, 0.2) is 24.3 Å². The fourth-order valence-electron chi connectivity index (χ4n) is 3.24. The van der Waals surface area contributed by atoms with Crippen LogP contribution in [0, 0.1) is 5.92 Å². The van der Waals surface area contributed by atoms with Crippen molar-refractivity contribution in [2.75, 3.05) is 24.6 Å². The van der Waals surface area contributed by atoms with Gasteiger partial charge in [0, 0.05) is 42.9 Å². The number of amides is 1. The summed E-state index contributed by atoms with van der Waals surface area (Å²) in [6.07, 6.45) is 5.97. The van der Waals surface area contributed by atoms with Crippen LogP contribution >= 0.6 is 0 Å². The molecular weight excluding hydrogens is 264 g/mol. The fourth-order valence-corrected chi connectivity index (χ4v) is 3.24. The Morgan fingerprint density at radius 3 is 2.43 bits per heavy atom. The summed E-state index contributed by atoms with van der Waals surface area (Å²) in [5.41, 5.74) is 1.87. The van der Waals surface area contributed by atoms with E-state index in [1.54, 1.807) is 0 Å². The molecule has 2 N–H and O–H groups in total. The standard InChI is InChI=1S/C17H24N2O2/c20-12-13-10-19(11-13)16-8-6-14(7-9-16)17(21)18-15-4-2-1-3-5-15/h6-9,13,15,20H,1-5,10-12H2,(H,18,21). The average Bonchev–Trinajstić information content (AvgIpc) is 2.48. The Labute approximate surface area is 126 Å². The van der Waals surface area contributed by atoms with E-state index in [1.807, 2.05) is 24.3 Å². The molecule has 114 valence electrons. The monoisotopic (exact) mass is 288 g/mol. The Bertz CT molecular complexity index is 474. The molecular formula is C17H24N2O2. The molecule has 3 rings (SSSR count). The third-order valence-corrected chi connectivity index (χ3v) is 4.65. The zero-order valence-corrected chi connectivity index (χ0v) is 12.4. The van der Waals surface area contributed by atoms with Gasteiger partial charge in [0.05, 0.1) is 0 Å². The van der Waals surface area contributed by atoms with Crippen molar-refractivity contribution in [3.05, 3.63) is 29.8 Å². The number of carbonyl (C=O) groups excluding carboxylic acids is 1. The lowest BCUT2D eigenvalue weighted by atomic mass is 9.95. The van der Waals surface area contributed by atoms with Crippen molar-refractivity contribution in [1.82, 2.24) is 5.32 Å². The molecule has 0 aromatic heterocycles. The van der Waals surface area contributed by atoms with Gasteiger partial charge in [0.15, 0.2) is 0 Å². The molecule has 21 heavy (non-hydrogen) atoms. The predicted octanol–water partition coefficient (Wildman–Crippen LogP) is 2.18. The quantitative estimate of drug-likeness (QED) is 0.893. The minimum atomic E-state index is 0.0466. The van der Waals surface area contributed by atoms with Crippen molar-refractivity contribution in [3.63, 3.8) is 0 Å². The zero-order chi connectivity index (χ0) is 14.7. The number of rotatable bonds is 4. The Morgan fingerprint density at radius 1 is 1.14 bits per heavy atom. The lowest BCUT2D eigenvalue weighted by Gasteiger charge is -2.40. The number of benzene rings is 1. The molecule has 1 heterocycles. The van der Waals surface area contributed by atoms with Crippen LogP contribution in [0.2, 0.25) is 0 Å². The lowest BCUT2D eigenvalue weighted by Crippen LogP contribution is -2.48. The van der Waals surface area contributed by atoms with Crippen LogP contribution in [0.25, 0.3) is 0 Å². The van der Waals surface area contributed by atoms with E-state index in [2.05, 4.69) is 10.2 Å². The molecule has 0 radical (unpaired) electrons. The maximum atomic E-state index is 12.2. The summed E-state index contributed by atoms with van der Waals surface area (Å²) in [4.78, 5) is 14.4. The maximum Gasteiger partial charge on any atom is 0.251 e. The molecule has 0 atom stereocenters. The second kappa shape index (κ2) is 6.48. The summed E-state index contributed by atoms with van der Waals surface area (Å²) in [6, 6.07) is 8.17. The van der Waals surface area contributed by atoms with Crippen molar-refractivity contribution in [2.45, 2.75) is 38.1 Å². The summed E-state index contributed by atoms with van der Waals surface area (Å²) in [7, 11) is 0. The highest BCUT2D eigenvalue weighted by atomic mass is 16.3. The van der Waals surface area contributed by atoms with Crippen LogP contribution in [-0.2, 0) is 0 Å². The van der Waals surface area contributed by atoms with Crippen LogP contribution in [0.5, 0.6) is 0 Å². The number of nitrogens with one attached hydrogen (secondary N) is 1. The van der Waals surface area contributed by atoms with Gasteiger partial charge in [-0.2, -0.15) is 0 Å². The van der Waals surface area contributed by atoms with Crippen molar-refractivity contribution in [1.29, 1.82) is 0 Å². The molecule has 2 fully saturated rings. The van der Waals surface area contributed by atoms with E-state index in [9.17, 15) is 4.79 Å².